The van der Waals surface area contributed by atoms with Crippen LogP contribution in [0, 0.1) is 6.92 Å². The van der Waals surface area contributed by atoms with E-state index in [1.807, 2.05) is 33.0 Å². The number of carbonyl (C=O) groups excluding carboxylic acids is 1. The lowest BCUT2D eigenvalue weighted by Gasteiger charge is -2.04. The van der Waals surface area contributed by atoms with Crippen molar-refractivity contribution in [3.05, 3.63) is 23.8 Å². The van der Waals surface area contributed by atoms with Crippen molar-refractivity contribution in [1.29, 1.82) is 0 Å². The molecule has 0 spiro atoms. The molecule has 0 saturated heterocycles. The molecule has 0 aliphatic heterocycles. The SMILES string of the molecule is Bc1cc(NC(C)=O)ccc1C. The van der Waals surface area contributed by atoms with E-state index in [-0.39, 0.29) is 5.91 Å². The monoisotopic (exact) mass is 161 g/mol. The molecule has 12 heavy (non-hydrogen) atoms. The highest BCUT2D eigenvalue weighted by Gasteiger charge is 1.96. The van der Waals surface area contributed by atoms with Crippen LogP contribution in [0.2, 0.25) is 0 Å². The van der Waals surface area contributed by atoms with Crippen molar-refractivity contribution in [1.82, 2.24) is 0 Å². The molecule has 0 saturated carbocycles. The lowest BCUT2D eigenvalue weighted by Crippen LogP contribution is -2.11. The van der Waals surface area contributed by atoms with Gasteiger partial charge in [-0.15, -0.1) is 0 Å². The summed E-state index contributed by atoms with van der Waals surface area (Å²) in [7, 11) is 2.03. The molecule has 1 aromatic carbocycles. The van der Waals surface area contributed by atoms with Gasteiger partial charge in [-0.25, -0.2) is 0 Å². The molecule has 62 valence electrons. The van der Waals surface area contributed by atoms with Crippen LogP contribution in [0.4, 0.5) is 5.69 Å². The Balaban J connectivity index is 2.89. The van der Waals surface area contributed by atoms with Crippen LogP contribution in [0.25, 0.3) is 0 Å². The standard InChI is InChI=1S/C9H12BNO/c1-6-3-4-8(5-9(6)10)11-7(2)12/h3-5H,10H2,1-2H3,(H,11,12). The Morgan fingerprint density at radius 1 is 1.50 bits per heavy atom. The van der Waals surface area contributed by atoms with Crippen molar-refractivity contribution in [2.45, 2.75) is 13.8 Å². The van der Waals surface area contributed by atoms with E-state index in [9.17, 15) is 4.79 Å². The summed E-state index contributed by atoms with van der Waals surface area (Å²) in [6, 6.07) is 5.88. The van der Waals surface area contributed by atoms with Crippen LogP contribution in [0.15, 0.2) is 18.2 Å². The number of rotatable bonds is 1. The van der Waals surface area contributed by atoms with Crippen molar-refractivity contribution in [3.8, 4) is 0 Å². The molecule has 0 heterocycles. The highest BCUT2D eigenvalue weighted by atomic mass is 16.1. The lowest BCUT2D eigenvalue weighted by atomic mass is 9.91. The molecule has 1 N–H and O–H groups in total. The summed E-state index contributed by atoms with van der Waals surface area (Å²) in [6.07, 6.45) is 0. The van der Waals surface area contributed by atoms with E-state index in [4.69, 9.17) is 0 Å². The Morgan fingerprint density at radius 3 is 2.67 bits per heavy atom. The van der Waals surface area contributed by atoms with E-state index in [0.29, 0.717) is 0 Å². The highest BCUT2D eigenvalue weighted by Crippen LogP contribution is 2.05. The third kappa shape index (κ3) is 2.12. The van der Waals surface area contributed by atoms with E-state index < -0.39 is 0 Å². The van der Waals surface area contributed by atoms with Crippen LogP contribution < -0.4 is 10.8 Å². The molecule has 0 atom stereocenters. The number of nitrogens with one attached hydrogen (secondary N) is 1. The molecule has 0 radical (unpaired) electrons. The first kappa shape index (κ1) is 8.85. The van der Waals surface area contributed by atoms with Crippen LogP contribution in [0.3, 0.4) is 0 Å². The summed E-state index contributed by atoms with van der Waals surface area (Å²) >= 11 is 0. The van der Waals surface area contributed by atoms with Crippen molar-refractivity contribution in [2.75, 3.05) is 5.32 Å². The molecule has 0 aliphatic rings. The van der Waals surface area contributed by atoms with Crippen LogP contribution in [-0.4, -0.2) is 13.8 Å². The second-order valence-electron chi connectivity index (χ2n) is 2.98. The Morgan fingerprint density at radius 2 is 2.17 bits per heavy atom. The van der Waals surface area contributed by atoms with Gasteiger partial charge in [-0.1, -0.05) is 17.1 Å². The van der Waals surface area contributed by atoms with Gasteiger partial charge in [0.05, 0.1) is 0 Å². The van der Waals surface area contributed by atoms with Gasteiger partial charge in [-0.3, -0.25) is 4.79 Å². The summed E-state index contributed by atoms with van der Waals surface area (Å²) < 4.78 is 0. The Bertz CT molecular complexity index is 309. The number of anilines is 1. The summed E-state index contributed by atoms with van der Waals surface area (Å²) in [4.78, 5) is 10.7. The first-order valence-electron chi connectivity index (χ1n) is 3.94. The fourth-order valence-corrected chi connectivity index (χ4v) is 1.02. The minimum Gasteiger partial charge on any atom is -0.326 e. The zero-order chi connectivity index (χ0) is 9.14. The maximum Gasteiger partial charge on any atom is 0.221 e. The largest absolute Gasteiger partial charge is 0.326 e. The normalized spacial score (nSPS) is 9.50. The third-order valence-electron chi connectivity index (χ3n) is 1.83. The van der Waals surface area contributed by atoms with Gasteiger partial charge >= 0.3 is 0 Å². The lowest BCUT2D eigenvalue weighted by molar-refractivity contribution is -0.114. The third-order valence-corrected chi connectivity index (χ3v) is 1.83. The van der Waals surface area contributed by atoms with Crippen molar-refractivity contribution < 1.29 is 4.79 Å². The maximum atomic E-state index is 10.7. The van der Waals surface area contributed by atoms with E-state index in [1.165, 1.54) is 17.9 Å². The first-order valence-corrected chi connectivity index (χ1v) is 3.94. The number of benzene rings is 1. The molecule has 0 fully saturated rings. The molecule has 0 aliphatic carbocycles. The first-order chi connectivity index (χ1) is 5.59. The van der Waals surface area contributed by atoms with E-state index >= 15 is 0 Å². The molecule has 1 rings (SSSR count). The van der Waals surface area contributed by atoms with E-state index in [1.54, 1.807) is 0 Å². The fourth-order valence-electron chi connectivity index (χ4n) is 1.02. The van der Waals surface area contributed by atoms with Crippen LogP contribution in [-0.2, 0) is 4.79 Å². The average Bonchev–Trinajstić information content (AvgIpc) is 1.96. The highest BCUT2D eigenvalue weighted by molar-refractivity contribution is 6.33. The van der Waals surface area contributed by atoms with E-state index in [2.05, 4.69) is 5.32 Å². The number of hydrogen-bond donors (Lipinski definition) is 1. The zero-order valence-corrected chi connectivity index (χ0v) is 7.64. The summed E-state index contributed by atoms with van der Waals surface area (Å²) in [5.74, 6) is -0.0294. The molecule has 0 unspecified atom stereocenters. The van der Waals surface area contributed by atoms with Crippen LogP contribution >= 0.6 is 0 Å². The van der Waals surface area contributed by atoms with Gasteiger partial charge in [0.1, 0.15) is 7.85 Å². The summed E-state index contributed by atoms with van der Waals surface area (Å²) in [5, 5.41) is 2.73. The topological polar surface area (TPSA) is 29.1 Å². The minimum atomic E-state index is -0.0294. The number of amides is 1. The molecular weight excluding hydrogens is 149 g/mol. The predicted molar refractivity (Wildman–Crippen MR) is 53.7 cm³/mol. The van der Waals surface area contributed by atoms with E-state index in [0.717, 1.165) is 5.69 Å². The smallest absolute Gasteiger partial charge is 0.221 e. The number of hydrogen-bond acceptors (Lipinski definition) is 1. The second kappa shape index (κ2) is 3.43. The number of aryl methyl sites for hydroxylation is 1. The summed E-state index contributed by atoms with van der Waals surface area (Å²) in [6.45, 7) is 3.56. The van der Waals surface area contributed by atoms with Crippen LogP contribution in [0.1, 0.15) is 12.5 Å². The predicted octanol–water partition coefficient (Wildman–Crippen LogP) is 0.212. The average molecular weight is 161 g/mol. The quantitative estimate of drug-likeness (QED) is 0.586. The molecule has 0 bridgehead atoms. The van der Waals surface area contributed by atoms with Gasteiger partial charge in [0.25, 0.3) is 0 Å². The molecule has 0 aromatic heterocycles. The van der Waals surface area contributed by atoms with Crippen molar-refractivity contribution >= 4 is 24.9 Å². The Kier molecular flexibility index (Phi) is 2.53. The molecule has 1 aromatic rings. The Hall–Kier alpha value is -1.25. The molecule has 2 nitrogen and oxygen atoms in total. The van der Waals surface area contributed by atoms with Gasteiger partial charge in [-0.05, 0) is 19.1 Å². The molecule has 3 heteroatoms. The van der Waals surface area contributed by atoms with Crippen LogP contribution in [0.5, 0.6) is 0 Å². The minimum absolute atomic E-state index is 0.0294. The zero-order valence-electron chi connectivity index (χ0n) is 7.64. The Labute approximate surface area is 73.4 Å². The second-order valence-corrected chi connectivity index (χ2v) is 2.98. The van der Waals surface area contributed by atoms with Gasteiger partial charge in [0.2, 0.25) is 5.91 Å². The van der Waals surface area contributed by atoms with Gasteiger partial charge in [0.15, 0.2) is 0 Å². The maximum absolute atomic E-state index is 10.7. The van der Waals surface area contributed by atoms with Gasteiger partial charge < -0.3 is 5.32 Å². The van der Waals surface area contributed by atoms with Crippen molar-refractivity contribution in [2.24, 2.45) is 0 Å². The summed E-state index contributed by atoms with van der Waals surface area (Å²) in [5.41, 5.74) is 3.30. The van der Waals surface area contributed by atoms with Crippen molar-refractivity contribution in [3.63, 3.8) is 0 Å². The molecule has 1 amide bonds. The fraction of sp³-hybridized carbons (Fsp3) is 0.222. The molecular formula is C9H12BNO. The van der Waals surface area contributed by atoms with Gasteiger partial charge in [-0.2, -0.15) is 0 Å². The van der Waals surface area contributed by atoms with Gasteiger partial charge in [0, 0.05) is 12.6 Å². The number of carbonyl (C=O) groups is 1.